The van der Waals surface area contributed by atoms with Crippen LogP contribution in [0.4, 0.5) is 10.1 Å². The number of aryl methyl sites for hydroxylation is 2. The van der Waals surface area contributed by atoms with Gasteiger partial charge in [0, 0.05) is 12.2 Å². The summed E-state index contributed by atoms with van der Waals surface area (Å²) in [5.41, 5.74) is 2.12. The number of carbonyl (C=O) groups excluding carboxylic acids is 1. The third-order valence-corrected chi connectivity index (χ3v) is 6.00. The molecule has 0 aliphatic carbocycles. The molecule has 0 saturated heterocycles. The normalized spacial score (nSPS) is 11.7. The first-order valence-electron chi connectivity index (χ1n) is 8.41. The summed E-state index contributed by atoms with van der Waals surface area (Å²) in [4.78, 5) is 16.6. The summed E-state index contributed by atoms with van der Waals surface area (Å²) in [7, 11) is -3.82. The van der Waals surface area contributed by atoms with E-state index < -0.39 is 10.0 Å². The predicted octanol–water partition coefficient (Wildman–Crippen LogP) is 2.88. The molecule has 2 aromatic carbocycles. The fourth-order valence-corrected chi connectivity index (χ4v) is 4.09. The number of imidazole rings is 1. The number of rotatable bonds is 6. The van der Waals surface area contributed by atoms with Gasteiger partial charge in [0.2, 0.25) is 15.9 Å². The predicted molar refractivity (Wildman–Crippen MR) is 107 cm³/mol. The van der Waals surface area contributed by atoms with Crippen molar-refractivity contribution in [3.8, 4) is 0 Å². The highest BCUT2D eigenvalue weighted by atomic mass is 32.2. The minimum absolute atomic E-state index is 0.0172. The minimum Gasteiger partial charge on any atom is -0.325 e. The van der Waals surface area contributed by atoms with Gasteiger partial charge in [-0.25, -0.2) is 22.9 Å². The van der Waals surface area contributed by atoms with Crippen LogP contribution in [-0.4, -0.2) is 29.6 Å². The van der Waals surface area contributed by atoms with Gasteiger partial charge in [0.05, 0.1) is 21.7 Å². The van der Waals surface area contributed by atoms with E-state index in [1.165, 1.54) is 30.0 Å². The molecule has 3 rings (SSSR count). The van der Waals surface area contributed by atoms with Crippen LogP contribution in [0.1, 0.15) is 12.5 Å². The zero-order chi connectivity index (χ0) is 20.5. The maximum Gasteiger partial charge on any atom is 0.238 e. The number of halogens is 1. The number of sulfonamides is 1. The third-order valence-electron chi connectivity index (χ3n) is 4.12. The second kappa shape index (κ2) is 7.90. The molecule has 7 nitrogen and oxygen atoms in total. The number of benzene rings is 2. The molecule has 1 amide bonds. The molecule has 0 unspecified atom stereocenters. The largest absolute Gasteiger partial charge is 0.325 e. The van der Waals surface area contributed by atoms with Gasteiger partial charge in [-0.05, 0) is 49.7 Å². The summed E-state index contributed by atoms with van der Waals surface area (Å²) < 4.78 is 38.5. The number of hydrogen-bond donors (Lipinski definition) is 2. The zero-order valence-corrected chi connectivity index (χ0v) is 16.9. The number of primary sulfonamides is 1. The second-order valence-corrected chi connectivity index (χ2v) is 8.64. The number of nitrogens with two attached hydrogens (primary N) is 1. The maximum absolute atomic E-state index is 13.6. The third kappa shape index (κ3) is 4.34. The summed E-state index contributed by atoms with van der Waals surface area (Å²) in [6.07, 6.45) is 0. The lowest BCUT2D eigenvalue weighted by Gasteiger charge is -2.07. The summed E-state index contributed by atoms with van der Waals surface area (Å²) in [6.45, 7) is 4.17. The van der Waals surface area contributed by atoms with Gasteiger partial charge in [0.15, 0.2) is 5.16 Å². The fourth-order valence-electron chi connectivity index (χ4n) is 2.68. The lowest BCUT2D eigenvalue weighted by Crippen LogP contribution is -2.14. The van der Waals surface area contributed by atoms with Crippen LogP contribution in [0.15, 0.2) is 46.5 Å². The Kier molecular flexibility index (Phi) is 5.73. The van der Waals surface area contributed by atoms with Crippen LogP contribution in [0, 0.1) is 12.7 Å². The van der Waals surface area contributed by atoms with Crippen molar-refractivity contribution in [3.05, 3.63) is 47.8 Å². The van der Waals surface area contributed by atoms with Gasteiger partial charge in [-0.2, -0.15) is 0 Å². The molecule has 0 fully saturated rings. The van der Waals surface area contributed by atoms with Crippen molar-refractivity contribution < 1.29 is 17.6 Å². The average Bonchev–Trinajstić information content (AvgIpc) is 2.99. The van der Waals surface area contributed by atoms with Crippen LogP contribution in [0.25, 0.3) is 11.0 Å². The van der Waals surface area contributed by atoms with Gasteiger partial charge in [-0.15, -0.1) is 0 Å². The highest BCUT2D eigenvalue weighted by molar-refractivity contribution is 7.99. The van der Waals surface area contributed by atoms with Crippen LogP contribution >= 0.6 is 11.8 Å². The first kappa shape index (κ1) is 20.3. The molecule has 1 aromatic heterocycles. The van der Waals surface area contributed by atoms with E-state index in [4.69, 9.17) is 5.14 Å². The summed E-state index contributed by atoms with van der Waals surface area (Å²) in [5.74, 6) is -0.613. The number of hydrogen-bond acceptors (Lipinski definition) is 5. The zero-order valence-electron chi connectivity index (χ0n) is 15.3. The van der Waals surface area contributed by atoms with Crippen LogP contribution < -0.4 is 10.5 Å². The molecular formula is C18H19FN4O3S2. The van der Waals surface area contributed by atoms with Crippen LogP contribution in [-0.2, 0) is 21.4 Å². The highest BCUT2D eigenvalue weighted by Gasteiger charge is 2.15. The number of thioether (sulfide) groups is 1. The summed E-state index contributed by atoms with van der Waals surface area (Å²) in [6, 6.07) is 8.99. The fraction of sp³-hybridized carbons (Fsp3) is 0.222. The van der Waals surface area contributed by atoms with Crippen LogP contribution in [0.5, 0.6) is 0 Å². The van der Waals surface area contributed by atoms with E-state index >= 15 is 0 Å². The van der Waals surface area contributed by atoms with Crippen molar-refractivity contribution in [1.82, 2.24) is 9.55 Å². The summed E-state index contributed by atoms with van der Waals surface area (Å²) >= 11 is 1.21. The number of carbonyl (C=O) groups is 1. The molecule has 0 saturated carbocycles. The standard InChI is InChI=1S/C18H19FN4O3S2/c1-3-23-16-7-6-13(28(20,25)26)9-15(16)22-18(23)27-10-17(24)21-12-5-4-11(2)14(19)8-12/h4-9H,3,10H2,1-2H3,(H,21,24)(H2,20,25,26). The molecule has 28 heavy (non-hydrogen) atoms. The lowest BCUT2D eigenvalue weighted by molar-refractivity contribution is -0.113. The molecule has 0 spiro atoms. The minimum atomic E-state index is -3.82. The molecule has 0 atom stereocenters. The van der Waals surface area contributed by atoms with Crippen molar-refractivity contribution >= 4 is 44.4 Å². The van der Waals surface area contributed by atoms with E-state index in [9.17, 15) is 17.6 Å². The Balaban J connectivity index is 1.77. The molecule has 0 bridgehead atoms. The molecule has 0 radical (unpaired) electrons. The number of nitrogens with one attached hydrogen (secondary N) is 1. The van der Waals surface area contributed by atoms with Crippen LogP contribution in [0.3, 0.4) is 0 Å². The maximum atomic E-state index is 13.6. The number of aromatic nitrogens is 2. The van der Waals surface area contributed by atoms with E-state index in [0.717, 1.165) is 5.52 Å². The molecule has 0 aliphatic heterocycles. The molecular weight excluding hydrogens is 403 g/mol. The van der Waals surface area contributed by atoms with E-state index in [0.29, 0.717) is 28.5 Å². The smallest absolute Gasteiger partial charge is 0.238 e. The molecule has 1 heterocycles. The number of amides is 1. The Morgan fingerprint density at radius 1 is 1.29 bits per heavy atom. The lowest BCUT2D eigenvalue weighted by atomic mass is 10.2. The topological polar surface area (TPSA) is 107 Å². The molecule has 0 aliphatic rings. The van der Waals surface area contributed by atoms with Crippen molar-refractivity contribution in [2.75, 3.05) is 11.1 Å². The highest BCUT2D eigenvalue weighted by Crippen LogP contribution is 2.26. The first-order valence-corrected chi connectivity index (χ1v) is 10.9. The van der Waals surface area contributed by atoms with E-state index in [1.54, 1.807) is 25.1 Å². The van der Waals surface area contributed by atoms with Gasteiger partial charge >= 0.3 is 0 Å². The Labute approximate surface area is 166 Å². The van der Waals surface area contributed by atoms with Crippen molar-refractivity contribution in [3.63, 3.8) is 0 Å². The van der Waals surface area contributed by atoms with E-state index in [2.05, 4.69) is 10.3 Å². The number of fused-ring (bicyclic) bond motifs is 1. The Morgan fingerprint density at radius 3 is 2.68 bits per heavy atom. The Hall–Kier alpha value is -2.43. The Morgan fingerprint density at radius 2 is 2.04 bits per heavy atom. The molecule has 10 heteroatoms. The monoisotopic (exact) mass is 422 g/mol. The van der Waals surface area contributed by atoms with E-state index in [-0.39, 0.29) is 22.4 Å². The molecule has 3 aromatic rings. The van der Waals surface area contributed by atoms with Crippen molar-refractivity contribution in [2.24, 2.45) is 5.14 Å². The van der Waals surface area contributed by atoms with Crippen LogP contribution in [0.2, 0.25) is 0 Å². The van der Waals surface area contributed by atoms with Gasteiger partial charge in [-0.1, -0.05) is 17.8 Å². The van der Waals surface area contributed by atoms with Gasteiger partial charge in [-0.3, -0.25) is 4.79 Å². The second-order valence-electron chi connectivity index (χ2n) is 6.13. The SMILES string of the molecule is CCn1c(SCC(=O)Nc2ccc(C)c(F)c2)nc2cc(S(N)(=O)=O)ccc21. The Bertz CT molecular complexity index is 1160. The van der Waals surface area contributed by atoms with Gasteiger partial charge in [0.1, 0.15) is 5.82 Å². The van der Waals surface area contributed by atoms with Crippen molar-refractivity contribution in [1.29, 1.82) is 0 Å². The van der Waals surface area contributed by atoms with Gasteiger partial charge < -0.3 is 9.88 Å². The average molecular weight is 423 g/mol. The van der Waals surface area contributed by atoms with Crippen molar-refractivity contribution in [2.45, 2.75) is 30.4 Å². The quantitative estimate of drug-likeness (QED) is 0.594. The molecule has 3 N–H and O–H groups in total. The van der Waals surface area contributed by atoms with E-state index in [1.807, 2.05) is 11.5 Å². The molecule has 148 valence electrons. The first-order chi connectivity index (χ1) is 13.2. The number of anilines is 1. The van der Waals surface area contributed by atoms with Gasteiger partial charge in [0.25, 0.3) is 0 Å². The summed E-state index contributed by atoms with van der Waals surface area (Å²) in [5, 5.41) is 8.40. The number of nitrogens with zero attached hydrogens (tertiary/aromatic N) is 2.